The van der Waals surface area contributed by atoms with E-state index in [2.05, 4.69) is 0 Å². The maximum absolute atomic E-state index is 14.0. The molecular weight excluding hydrogens is 403 g/mol. The van der Waals surface area contributed by atoms with E-state index in [0.29, 0.717) is 24.3 Å². The van der Waals surface area contributed by atoms with Gasteiger partial charge in [-0.15, -0.1) is 0 Å². The van der Waals surface area contributed by atoms with E-state index in [1.165, 1.54) is 48.4 Å². The van der Waals surface area contributed by atoms with Gasteiger partial charge in [0.1, 0.15) is 23.1 Å². The Bertz CT molecular complexity index is 1030. The van der Waals surface area contributed by atoms with E-state index in [1.807, 2.05) is 19.0 Å². The maximum Gasteiger partial charge on any atom is 0.295 e. The number of aliphatic hydroxyl groups is 1. The number of benzene rings is 2. The molecule has 164 valence electrons. The van der Waals surface area contributed by atoms with Crippen LogP contribution in [0.5, 0.6) is 11.5 Å². The Morgan fingerprint density at radius 2 is 1.94 bits per heavy atom. The molecule has 2 aromatic carbocycles. The fourth-order valence-corrected chi connectivity index (χ4v) is 3.67. The van der Waals surface area contributed by atoms with Crippen molar-refractivity contribution >= 4 is 17.4 Å². The normalized spacial score (nSPS) is 18.1. The fraction of sp³-hybridized carbons (Fsp3) is 0.304. The first-order valence-electron chi connectivity index (χ1n) is 9.80. The van der Waals surface area contributed by atoms with Crippen LogP contribution in [0.1, 0.15) is 23.6 Å². The zero-order chi connectivity index (χ0) is 22.7. The number of halogens is 1. The summed E-state index contributed by atoms with van der Waals surface area (Å²) in [6.07, 6.45) is 0.583. The molecule has 1 aliphatic heterocycles. The quantitative estimate of drug-likeness (QED) is 0.400. The Morgan fingerprint density at radius 3 is 2.55 bits per heavy atom. The zero-order valence-corrected chi connectivity index (χ0v) is 17.6. The molecule has 1 aliphatic rings. The number of hydrogen-bond acceptors (Lipinski definition) is 6. The lowest BCUT2D eigenvalue weighted by molar-refractivity contribution is -0.139. The number of ketones is 1. The number of aliphatic hydroxyl groups excluding tert-OH is 1. The number of carbonyl (C=O) groups is 2. The molecule has 1 unspecified atom stereocenters. The second kappa shape index (κ2) is 9.18. The molecule has 0 radical (unpaired) electrons. The summed E-state index contributed by atoms with van der Waals surface area (Å²) in [6.45, 7) is 0.924. The summed E-state index contributed by atoms with van der Waals surface area (Å²) in [6, 6.07) is 8.80. The third-order valence-electron chi connectivity index (χ3n) is 5.17. The van der Waals surface area contributed by atoms with Crippen molar-refractivity contribution in [1.29, 1.82) is 0 Å². The molecule has 0 spiro atoms. The average molecular weight is 428 g/mol. The summed E-state index contributed by atoms with van der Waals surface area (Å²) in [7, 11) is 5.22. The predicted octanol–water partition coefficient (Wildman–Crippen LogP) is 2.91. The van der Waals surface area contributed by atoms with Crippen molar-refractivity contribution in [3.05, 3.63) is 65.0 Å². The highest BCUT2D eigenvalue weighted by Crippen LogP contribution is 2.41. The molecule has 8 heteroatoms. The lowest BCUT2D eigenvalue weighted by Crippen LogP contribution is -2.32. The van der Waals surface area contributed by atoms with Gasteiger partial charge in [-0.2, -0.15) is 0 Å². The van der Waals surface area contributed by atoms with Crippen LogP contribution in [0.2, 0.25) is 0 Å². The lowest BCUT2D eigenvalue weighted by Gasteiger charge is -2.26. The molecule has 1 atom stereocenters. The molecule has 3 rings (SSSR count). The highest BCUT2D eigenvalue weighted by atomic mass is 19.1. The van der Waals surface area contributed by atoms with Gasteiger partial charge in [-0.25, -0.2) is 4.39 Å². The van der Waals surface area contributed by atoms with Crippen molar-refractivity contribution in [2.45, 2.75) is 12.5 Å². The predicted molar refractivity (Wildman–Crippen MR) is 113 cm³/mol. The third kappa shape index (κ3) is 4.54. The number of methoxy groups -OCH3 is 1. The van der Waals surface area contributed by atoms with Gasteiger partial charge in [-0.05, 0) is 56.9 Å². The number of Topliss-reactive ketones (excluding diaryl/α,β-unsaturated/α-hetero) is 1. The molecule has 31 heavy (non-hydrogen) atoms. The summed E-state index contributed by atoms with van der Waals surface area (Å²) in [5.74, 6) is -2.66. The van der Waals surface area contributed by atoms with E-state index in [1.54, 1.807) is 6.07 Å². The molecule has 2 N–H and O–H groups in total. The Hall–Kier alpha value is -3.39. The van der Waals surface area contributed by atoms with Gasteiger partial charge in [0.15, 0.2) is 0 Å². The van der Waals surface area contributed by atoms with Gasteiger partial charge in [0.05, 0.1) is 24.3 Å². The molecular formula is C23H25FN2O5. The number of rotatable bonds is 7. The number of nitrogens with zero attached hydrogens (tertiary/aromatic N) is 2. The lowest BCUT2D eigenvalue weighted by atomic mass is 9.95. The van der Waals surface area contributed by atoms with Crippen molar-refractivity contribution in [3.8, 4) is 11.5 Å². The molecule has 0 bridgehead atoms. The molecule has 1 saturated heterocycles. The van der Waals surface area contributed by atoms with E-state index in [-0.39, 0.29) is 23.4 Å². The van der Waals surface area contributed by atoms with Gasteiger partial charge in [0.25, 0.3) is 11.7 Å². The molecule has 1 heterocycles. The van der Waals surface area contributed by atoms with Crippen LogP contribution in [0, 0.1) is 5.82 Å². The second-order valence-electron chi connectivity index (χ2n) is 7.59. The van der Waals surface area contributed by atoms with Gasteiger partial charge in [0, 0.05) is 12.6 Å². The monoisotopic (exact) mass is 428 g/mol. The van der Waals surface area contributed by atoms with Crippen molar-refractivity contribution in [1.82, 2.24) is 9.80 Å². The van der Waals surface area contributed by atoms with Crippen molar-refractivity contribution in [2.75, 3.05) is 34.3 Å². The van der Waals surface area contributed by atoms with Crippen LogP contribution in [0.3, 0.4) is 0 Å². The van der Waals surface area contributed by atoms with Gasteiger partial charge in [-0.1, -0.05) is 12.1 Å². The smallest absolute Gasteiger partial charge is 0.295 e. The SMILES string of the molecule is COc1ccc(/C(O)=C2\C(=O)C(=O)N(CCCN(C)C)C2c2cccc(F)c2)c(O)c1. The first-order chi connectivity index (χ1) is 14.7. The molecule has 0 aliphatic carbocycles. The van der Waals surface area contributed by atoms with E-state index in [0.717, 1.165) is 0 Å². The number of phenolic OH excluding ortho intramolecular Hbond substituents is 1. The Labute approximate surface area is 180 Å². The highest BCUT2D eigenvalue weighted by Gasteiger charge is 2.46. The maximum atomic E-state index is 14.0. The number of carbonyl (C=O) groups excluding carboxylic acids is 2. The second-order valence-corrected chi connectivity index (χ2v) is 7.59. The van der Waals surface area contributed by atoms with Gasteiger partial charge < -0.3 is 24.7 Å². The van der Waals surface area contributed by atoms with Crippen LogP contribution in [0.4, 0.5) is 4.39 Å². The largest absolute Gasteiger partial charge is 0.507 e. The van der Waals surface area contributed by atoms with Crippen LogP contribution in [-0.2, 0) is 9.59 Å². The summed E-state index contributed by atoms with van der Waals surface area (Å²) >= 11 is 0. The Morgan fingerprint density at radius 1 is 1.19 bits per heavy atom. The molecule has 7 nitrogen and oxygen atoms in total. The number of amides is 1. The molecule has 1 amide bonds. The summed E-state index contributed by atoms with van der Waals surface area (Å²) in [4.78, 5) is 29.0. The topological polar surface area (TPSA) is 90.3 Å². The van der Waals surface area contributed by atoms with Crippen LogP contribution >= 0.6 is 0 Å². The summed E-state index contributed by atoms with van der Waals surface area (Å²) < 4.78 is 19.0. The summed E-state index contributed by atoms with van der Waals surface area (Å²) in [5.41, 5.74) is 0.146. The minimum atomic E-state index is -0.973. The first kappa shape index (κ1) is 22.3. The van der Waals surface area contributed by atoms with Crippen molar-refractivity contribution < 1.29 is 28.9 Å². The standard InChI is InChI=1S/C23H25FN2O5/c1-25(2)10-5-11-26-20(14-6-4-7-15(24)12-14)19(22(29)23(26)30)21(28)17-9-8-16(31-3)13-18(17)27/h4,6-9,12-13,20,27-28H,5,10-11H2,1-3H3/b21-19+. The summed E-state index contributed by atoms with van der Waals surface area (Å²) in [5, 5.41) is 21.3. The minimum absolute atomic E-state index is 0.0199. The average Bonchev–Trinajstić information content (AvgIpc) is 2.98. The Kier molecular flexibility index (Phi) is 6.60. The zero-order valence-electron chi connectivity index (χ0n) is 17.6. The number of phenols is 1. The van der Waals surface area contributed by atoms with E-state index in [9.17, 15) is 24.2 Å². The van der Waals surface area contributed by atoms with E-state index < -0.39 is 29.3 Å². The van der Waals surface area contributed by atoms with Gasteiger partial charge in [0.2, 0.25) is 0 Å². The molecule has 1 fully saturated rings. The van der Waals surface area contributed by atoms with Crippen LogP contribution in [0.15, 0.2) is 48.0 Å². The molecule has 0 saturated carbocycles. The van der Waals surface area contributed by atoms with E-state index >= 15 is 0 Å². The van der Waals surface area contributed by atoms with E-state index in [4.69, 9.17) is 4.74 Å². The Balaban J connectivity index is 2.12. The fourth-order valence-electron chi connectivity index (χ4n) is 3.67. The van der Waals surface area contributed by atoms with Crippen molar-refractivity contribution in [2.24, 2.45) is 0 Å². The van der Waals surface area contributed by atoms with Gasteiger partial charge in [-0.3, -0.25) is 9.59 Å². The van der Waals surface area contributed by atoms with Crippen LogP contribution in [0.25, 0.3) is 5.76 Å². The third-order valence-corrected chi connectivity index (χ3v) is 5.17. The first-order valence-corrected chi connectivity index (χ1v) is 9.80. The van der Waals surface area contributed by atoms with Crippen LogP contribution in [-0.4, -0.2) is 66.0 Å². The molecule has 2 aromatic rings. The number of aromatic hydroxyl groups is 1. The molecule has 0 aromatic heterocycles. The number of ether oxygens (including phenoxy) is 1. The number of hydrogen-bond donors (Lipinski definition) is 2. The highest BCUT2D eigenvalue weighted by molar-refractivity contribution is 6.46. The number of likely N-dealkylation sites (tertiary alicyclic amines) is 1. The minimum Gasteiger partial charge on any atom is -0.507 e. The van der Waals surface area contributed by atoms with Crippen molar-refractivity contribution in [3.63, 3.8) is 0 Å². The van der Waals surface area contributed by atoms with Gasteiger partial charge >= 0.3 is 0 Å². The van der Waals surface area contributed by atoms with Crippen LogP contribution < -0.4 is 4.74 Å².